The van der Waals surface area contributed by atoms with Gasteiger partial charge in [0.2, 0.25) is 0 Å². The van der Waals surface area contributed by atoms with E-state index in [2.05, 4.69) is 15.3 Å². The molecule has 0 bridgehead atoms. The first-order valence-electron chi connectivity index (χ1n) is 4.98. The maximum Gasteiger partial charge on any atom is 0.269 e. The molecule has 4 N–H and O–H groups in total. The number of anilines is 1. The Labute approximate surface area is 101 Å². The number of nitrogens with zero attached hydrogens (tertiary/aromatic N) is 1. The molecule has 2 amide bonds. The van der Waals surface area contributed by atoms with Gasteiger partial charge >= 0.3 is 0 Å². The smallest absolute Gasteiger partial charge is 0.269 e. The Hall–Kier alpha value is -2.70. The number of halogens is 1. The summed E-state index contributed by atoms with van der Waals surface area (Å²) in [5.74, 6) is -1.84. The zero-order valence-corrected chi connectivity index (χ0v) is 9.11. The molecular weight excluding hydrogens is 239 g/mol. The summed E-state index contributed by atoms with van der Waals surface area (Å²) in [6.07, 6.45) is 1.22. The van der Waals surface area contributed by atoms with E-state index in [1.807, 2.05) is 0 Å². The van der Waals surface area contributed by atoms with Gasteiger partial charge in [0, 0.05) is 5.56 Å². The van der Waals surface area contributed by atoms with Crippen LogP contribution in [0.15, 0.2) is 30.6 Å². The Kier molecular flexibility index (Phi) is 3.05. The molecule has 0 unspecified atom stereocenters. The average molecular weight is 248 g/mol. The fraction of sp³-hybridized carbons (Fsp3) is 0. The lowest BCUT2D eigenvalue weighted by Crippen LogP contribution is -2.18. The number of hydrogen-bond donors (Lipinski definition) is 3. The van der Waals surface area contributed by atoms with Gasteiger partial charge in [-0.25, -0.2) is 9.37 Å². The molecule has 6 nitrogen and oxygen atoms in total. The van der Waals surface area contributed by atoms with E-state index in [4.69, 9.17) is 5.73 Å². The van der Waals surface area contributed by atoms with Crippen molar-refractivity contribution in [3.63, 3.8) is 0 Å². The van der Waals surface area contributed by atoms with Crippen LogP contribution in [0.25, 0.3) is 0 Å². The highest BCUT2D eigenvalue weighted by Crippen LogP contribution is 2.11. The zero-order valence-electron chi connectivity index (χ0n) is 9.11. The lowest BCUT2D eigenvalue weighted by atomic mass is 10.2. The molecule has 7 heteroatoms. The van der Waals surface area contributed by atoms with E-state index in [1.165, 1.54) is 24.5 Å². The minimum atomic E-state index is -0.748. The normalized spacial score (nSPS) is 10.1. The number of benzene rings is 1. The molecular formula is C11H9FN4O2. The first-order valence-corrected chi connectivity index (χ1v) is 4.98. The van der Waals surface area contributed by atoms with Gasteiger partial charge < -0.3 is 16.0 Å². The number of carbonyl (C=O) groups excluding carboxylic acids is 2. The third-order valence-corrected chi connectivity index (χ3v) is 2.20. The molecule has 0 aliphatic rings. The summed E-state index contributed by atoms with van der Waals surface area (Å²) in [6, 6.07) is 5.14. The van der Waals surface area contributed by atoms with E-state index < -0.39 is 17.6 Å². The van der Waals surface area contributed by atoms with Crippen LogP contribution in [0.4, 0.5) is 10.2 Å². The van der Waals surface area contributed by atoms with Crippen molar-refractivity contribution in [1.82, 2.24) is 9.97 Å². The summed E-state index contributed by atoms with van der Waals surface area (Å²) in [5, 5.41) is 2.37. The van der Waals surface area contributed by atoms with Crippen LogP contribution >= 0.6 is 0 Å². The van der Waals surface area contributed by atoms with Crippen LogP contribution < -0.4 is 11.1 Å². The topological polar surface area (TPSA) is 101 Å². The number of imidazole rings is 1. The molecule has 0 saturated heterocycles. The van der Waals surface area contributed by atoms with E-state index in [0.717, 1.165) is 6.07 Å². The van der Waals surface area contributed by atoms with E-state index in [0.29, 0.717) is 0 Å². The van der Waals surface area contributed by atoms with Gasteiger partial charge in [-0.15, -0.1) is 0 Å². The maximum absolute atomic E-state index is 12.9. The Morgan fingerprint density at radius 3 is 2.83 bits per heavy atom. The molecule has 1 aromatic carbocycles. The second-order valence-electron chi connectivity index (χ2n) is 3.45. The van der Waals surface area contributed by atoms with Crippen molar-refractivity contribution >= 4 is 17.6 Å². The molecule has 92 valence electrons. The van der Waals surface area contributed by atoms with Gasteiger partial charge in [0.05, 0.1) is 6.33 Å². The lowest BCUT2D eigenvalue weighted by Gasteiger charge is -2.03. The highest BCUT2D eigenvalue weighted by molar-refractivity contribution is 6.07. The molecule has 2 aromatic rings. The van der Waals surface area contributed by atoms with Gasteiger partial charge in [-0.3, -0.25) is 9.59 Å². The summed E-state index contributed by atoms with van der Waals surface area (Å²) < 4.78 is 12.9. The Bertz CT molecular complexity index is 609. The number of hydrogen-bond acceptors (Lipinski definition) is 3. The van der Waals surface area contributed by atoms with Gasteiger partial charge in [-0.2, -0.15) is 0 Å². The van der Waals surface area contributed by atoms with Gasteiger partial charge in [-0.1, -0.05) is 6.07 Å². The highest BCUT2D eigenvalue weighted by atomic mass is 19.1. The zero-order chi connectivity index (χ0) is 13.1. The Balaban J connectivity index is 2.21. The Morgan fingerprint density at radius 1 is 1.39 bits per heavy atom. The second kappa shape index (κ2) is 4.66. The number of carbonyl (C=O) groups is 2. The number of primary amides is 1. The van der Waals surface area contributed by atoms with Crippen LogP contribution in [0, 0.1) is 5.82 Å². The number of aromatic nitrogens is 2. The van der Waals surface area contributed by atoms with Crippen LogP contribution in [-0.4, -0.2) is 21.8 Å². The number of nitrogens with one attached hydrogen (secondary N) is 2. The van der Waals surface area contributed by atoms with Crippen molar-refractivity contribution < 1.29 is 14.0 Å². The third-order valence-electron chi connectivity index (χ3n) is 2.20. The molecule has 0 spiro atoms. The van der Waals surface area contributed by atoms with E-state index >= 15 is 0 Å². The molecule has 0 atom stereocenters. The summed E-state index contributed by atoms with van der Waals surface area (Å²) >= 11 is 0. The molecule has 18 heavy (non-hydrogen) atoms. The Morgan fingerprint density at radius 2 is 2.17 bits per heavy atom. The van der Waals surface area contributed by atoms with Crippen LogP contribution in [0.5, 0.6) is 0 Å². The number of aromatic amines is 1. The minimum Gasteiger partial charge on any atom is -0.364 e. The number of H-pyrrole nitrogens is 1. The van der Waals surface area contributed by atoms with Crippen LogP contribution in [-0.2, 0) is 0 Å². The number of rotatable bonds is 3. The fourth-order valence-corrected chi connectivity index (χ4v) is 1.39. The van der Waals surface area contributed by atoms with Gasteiger partial charge in [0.15, 0.2) is 5.82 Å². The number of amides is 2. The van der Waals surface area contributed by atoms with E-state index in [9.17, 15) is 14.0 Å². The second-order valence-corrected chi connectivity index (χ2v) is 3.45. The predicted molar refractivity (Wildman–Crippen MR) is 61.5 cm³/mol. The quantitative estimate of drug-likeness (QED) is 0.752. The average Bonchev–Trinajstić information content (AvgIpc) is 2.77. The van der Waals surface area contributed by atoms with E-state index in [-0.39, 0.29) is 17.1 Å². The van der Waals surface area contributed by atoms with Crippen molar-refractivity contribution in [2.24, 2.45) is 5.73 Å². The monoisotopic (exact) mass is 248 g/mol. The van der Waals surface area contributed by atoms with Crippen molar-refractivity contribution in [3.05, 3.63) is 47.7 Å². The number of nitrogens with two attached hydrogens (primary N) is 1. The van der Waals surface area contributed by atoms with Gasteiger partial charge in [-0.05, 0) is 18.2 Å². The van der Waals surface area contributed by atoms with Crippen molar-refractivity contribution in [2.75, 3.05) is 5.32 Å². The first-order chi connectivity index (χ1) is 8.58. The fourth-order valence-electron chi connectivity index (χ4n) is 1.39. The molecule has 0 aliphatic heterocycles. The maximum atomic E-state index is 12.9. The van der Waals surface area contributed by atoms with Crippen molar-refractivity contribution in [3.8, 4) is 0 Å². The van der Waals surface area contributed by atoms with Gasteiger partial charge in [0.25, 0.3) is 11.8 Å². The summed E-state index contributed by atoms with van der Waals surface area (Å²) in [6.45, 7) is 0. The molecule has 1 heterocycles. The predicted octanol–water partition coefficient (Wildman–Crippen LogP) is 0.900. The van der Waals surface area contributed by atoms with Crippen LogP contribution in [0.3, 0.4) is 0 Å². The molecule has 0 radical (unpaired) electrons. The summed E-state index contributed by atoms with van der Waals surface area (Å²) in [7, 11) is 0. The van der Waals surface area contributed by atoms with Crippen LogP contribution in [0.1, 0.15) is 20.8 Å². The first kappa shape index (κ1) is 11.8. The van der Waals surface area contributed by atoms with Crippen LogP contribution in [0.2, 0.25) is 0 Å². The summed E-state index contributed by atoms with van der Waals surface area (Å²) in [4.78, 5) is 29.0. The van der Waals surface area contributed by atoms with E-state index in [1.54, 1.807) is 0 Å². The molecule has 0 fully saturated rings. The van der Waals surface area contributed by atoms with Crippen molar-refractivity contribution in [2.45, 2.75) is 0 Å². The molecule has 1 aromatic heterocycles. The standard InChI is InChI=1S/C11H9FN4O2/c12-7-3-1-2-6(4-7)11(18)16-10-8(9(13)17)14-5-15-10/h1-5H,(H2,13,17)(H,14,15)(H,16,18). The molecule has 0 aliphatic carbocycles. The molecule has 0 saturated carbocycles. The van der Waals surface area contributed by atoms with Crippen molar-refractivity contribution in [1.29, 1.82) is 0 Å². The minimum absolute atomic E-state index is 0.0109. The highest BCUT2D eigenvalue weighted by Gasteiger charge is 2.14. The molecule has 2 rings (SSSR count). The summed E-state index contributed by atoms with van der Waals surface area (Å²) in [5.41, 5.74) is 5.18. The largest absolute Gasteiger partial charge is 0.364 e. The SMILES string of the molecule is NC(=O)c1[nH]cnc1NC(=O)c1cccc(F)c1. The van der Waals surface area contributed by atoms with Gasteiger partial charge in [0.1, 0.15) is 11.5 Å². The third kappa shape index (κ3) is 2.34. The lowest BCUT2D eigenvalue weighted by molar-refractivity contribution is 0.0997.